The molecule has 11 heteroatoms. The van der Waals surface area contributed by atoms with Gasteiger partial charge in [-0.3, -0.25) is 34.2 Å². The smallest absolute Gasteiger partial charge is 0.282 e. The highest BCUT2D eigenvalue weighted by Crippen LogP contribution is 2.30. The molecular weight excluding hydrogens is 387 g/mol. The summed E-state index contributed by atoms with van der Waals surface area (Å²) in [5.41, 5.74) is -0.740. The Kier molecular flexibility index (Phi) is 5.30. The average molecular weight is 400 g/mol. The summed E-state index contributed by atoms with van der Waals surface area (Å²) in [5.74, 6) is -3.68. The topological polar surface area (TPSA) is 139 Å². The van der Waals surface area contributed by atoms with Gasteiger partial charge in [0.2, 0.25) is 11.8 Å². The van der Waals surface area contributed by atoms with Gasteiger partial charge in [-0.25, -0.2) is 4.39 Å². The number of nitro groups is 1. The highest BCUT2D eigenvalue weighted by Gasteiger charge is 2.41. The van der Waals surface area contributed by atoms with Gasteiger partial charge in [0.05, 0.1) is 17.0 Å². The summed E-state index contributed by atoms with van der Waals surface area (Å²) in [6.07, 6.45) is 0. The second kappa shape index (κ2) is 7.84. The van der Waals surface area contributed by atoms with Crippen LogP contribution in [0.3, 0.4) is 0 Å². The molecule has 10 nitrogen and oxygen atoms in total. The summed E-state index contributed by atoms with van der Waals surface area (Å²) in [5, 5.41) is 15.7. The van der Waals surface area contributed by atoms with Crippen molar-refractivity contribution in [1.29, 1.82) is 0 Å². The third-order valence-electron chi connectivity index (χ3n) is 4.05. The van der Waals surface area contributed by atoms with Gasteiger partial charge >= 0.3 is 0 Å². The number of nitrogens with zero attached hydrogens (tertiary/aromatic N) is 2. The Balaban J connectivity index is 1.59. The molecule has 1 aliphatic heterocycles. The number of hydrogen-bond acceptors (Lipinski definition) is 6. The van der Waals surface area contributed by atoms with Gasteiger partial charge in [0.25, 0.3) is 17.5 Å². The van der Waals surface area contributed by atoms with E-state index in [4.69, 9.17) is 0 Å². The van der Waals surface area contributed by atoms with Crippen LogP contribution in [0.2, 0.25) is 0 Å². The van der Waals surface area contributed by atoms with Crippen LogP contribution in [-0.2, 0) is 9.59 Å². The number of fused-ring (bicyclic) bond motifs is 1. The molecule has 1 aliphatic rings. The molecular formula is C18H13FN4O6. The van der Waals surface area contributed by atoms with Crippen molar-refractivity contribution in [2.45, 2.75) is 0 Å². The summed E-state index contributed by atoms with van der Waals surface area (Å²) < 4.78 is 12.8. The highest BCUT2D eigenvalue weighted by molar-refractivity contribution is 6.24. The molecule has 0 saturated heterocycles. The number of rotatable bonds is 6. The lowest BCUT2D eigenvalue weighted by atomic mass is 10.1. The maximum absolute atomic E-state index is 12.8. The van der Waals surface area contributed by atoms with Crippen LogP contribution in [0, 0.1) is 15.9 Å². The van der Waals surface area contributed by atoms with Gasteiger partial charge < -0.3 is 10.6 Å². The Bertz CT molecular complexity index is 1040. The van der Waals surface area contributed by atoms with Gasteiger partial charge in [-0.05, 0) is 30.3 Å². The molecule has 0 spiro atoms. The molecule has 0 fully saturated rings. The van der Waals surface area contributed by atoms with E-state index < -0.39 is 53.1 Å². The molecule has 1 heterocycles. The van der Waals surface area contributed by atoms with Crippen molar-refractivity contribution >= 4 is 35.0 Å². The Labute approximate surface area is 162 Å². The molecule has 0 aliphatic carbocycles. The SMILES string of the molecule is O=C(CN1C(=O)c2cccc([N+](=O)[O-])c2C1=O)NCC(=O)Nc1ccc(F)cc1. The first-order chi connectivity index (χ1) is 13.8. The Morgan fingerprint density at radius 1 is 1.03 bits per heavy atom. The quantitative estimate of drug-likeness (QED) is 0.423. The van der Waals surface area contributed by atoms with Crippen molar-refractivity contribution in [3.63, 3.8) is 0 Å². The average Bonchev–Trinajstić information content (AvgIpc) is 2.93. The zero-order valence-corrected chi connectivity index (χ0v) is 14.7. The number of halogens is 1. The van der Waals surface area contributed by atoms with Gasteiger partial charge in [-0.15, -0.1) is 0 Å². The minimum Gasteiger partial charge on any atom is -0.345 e. The monoisotopic (exact) mass is 400 g/mol. The van der Waals surface area contributed by atoms with Gasteiger partial charge in [0, 0.05) is 11.8 Å². The second-order valence-electron chi connectivity index (χ2n) is 5.99. The Morgan fingerprint density at radius 3 is 2.38 bits per heavy atom. The predicted octanol–water partition coefficient (Wildman–Crippen LogP) is 1.08. The summed E-state index contributed by atoms with van der Waals surface area (Å²) in [4.78, 5) is 59.4. The number of imide groups is 1. The fourth-order valence-electron chi connectivity index (χ4n) is 2.73. The zero-order valence-electron chi connectivity index (χ0n) is 14.7. The van der Waals surface area contributed by atoms with E-state index in [9.17, 15) is 33.7 Å². The van der Waals surface area contributed by atoms with Crippen LogP contribution in [0.25, 0.3) is 0 Å². The van der Waals surface area contributed by atoms with Crippen LogP contribution in [0.15, 0.2) is 42.5 Å². The van der Waals surface area contributed by atoms with Crippen molar-refractivity contribution in [3.8, 4) is 0 Å². The highest BCUT2D eigenvalue weighted by atomic mass is 19.1. The first-order valence-corrected chi connectivity index (χ1v) is 8.23. The molecule has 29 heavy (non-hydrogen) atoms. The summed E-state index contributed by atoms with van der Waals surface area (Å²) >= 11 is 0. The number of carbonyl (C=O) groups excluding carboxylic acids is 4. The van der Waals surface area contributed by atoms with Crippen LogP contribution in [0.4, 0.5) is 15.8 Å². The molecule has 2 aromatic rings. The maximum Gasteiger partial charge on any atom is 0.282 e. The standard InChI is InChI=1S/C18H13FN4O6/c19-10-4-6-11(7-5-10)21-14(24)8-20-15(25)9-22-17(26)12-2-1-3-13(23(28)29)16(12)18(22)27/h1-7H,8-9H2,(H,20,25)(H,21,24). The zero-order chi connectivity index (χ0) is 21.1. The molecule has 0 radical (unpaired) electrons. The molecule has 3 rings (SSSR count). The van der Waals surface area contributed by atoms with Crippen molar-refractivity contribution in [3.05, 3.63) is 69.5 Å². The molecule has 0 saturated carbocycles. The van der Waals surface area contributed by atoms with Crippen molar-refractivity contribution in [2.24, 2.45) is 0 Å². The molecule has 4 amide bonds. The van der Waals surface area contributed by atoms with E-state index in [2.05, 4.69) is 10.6 Å². The number of nitro benzene ring substituents is 1. The van der Waals surface area contributed by atoms with Crippen molar-refractivity contribution in [1.82, 2.24) is 10.2 Å². The normalized spacial score (nSPS) is 12.5. The molecule has 148 valence electrons. The minimum atomic E-state index is -0.955. The van der Waals surface area contributed by atoms with Gasteiger partial charge in [-0.1, -0.05) is 6.07 Å². The summed E-state index contributed by atoms with van der Waals surface area (Å²) in [7, 11) is 0. The van der Waals surface area contributed by atoms with Crippen LogP contribution < -0.4 is 10.6 Å². The Morgan fingerprint density at radius 2 is 1.72 bits per heavy atom. The van der Waals surface area contributed by atoms with Gasteiger partial charge in [-0.2, -0.15) is 0 Å². The first kappa shape index (κ1) is 19.6. The van der Waals surface area contributed by atoms with E-state index in [0.717, 1.165) is 18.2 Å². The maximum atomic E-state index is 12.8. The molecule has 0 unspecified atom stereocenters. The number of anilines is 1. The molecule has 2 N–H and O–H groups in total. The van der Waals surface area contributed by atoms with E-state index in [-0.39, 0.29) is 11.1 Å². The van der Waals surface area contributed by atoms with Crippen LogP contribution >= 0.6 is 0 Å². The summed E-state index contributed by atoms with van der Waals surface area (Å²) in [6, 6.07) is 8.59. The molecule has 2 aromatic carbocycles. The largest absolute Gasteiger partial charge is 0.345 e. The lowest BCUT2D eigenvalue weighted by Crippen LogP contribution is -2.42. The lowest BCUT2D eigenvalue weighted by Gasteiger charge is -2.13. The fraction of sp³-hybridized carbons (Fsp3) is 0.111. The predicted molar refractivity (Wildman–Crippen MR) is 96.5 cm³/mol. The van der Waals surface area contributed by atoms with Crippen molar-refractivity contribution in [2.75, 3.05) is 18.4 Å². The number of amides is 4. The van der Waals surface area contributed by atoms with Crippen molar-refractivity contribution < 1.29 is 28.5 Å². The third kappa shape index (κ3) is 4.08. The first-order valence-electron chi connectivity index (χ1n) is 8.23. The lowest BCUT2D eigenvalue weighted by molar-refractivity contribution is -0.385. The Hall–Kier alpha value is -4.15. The van der Waals surface area contributed by atoms with Gasteiger partial charge in [0.1, 0.15) is 17.9 Å². The fourth-order valence-corrected chi connectivity index (χ4v) is 2.73. The van der Waals surface area contributed by atoms with E-state index in [1.54, 1.807) is 0 Å². The summed E-state index contributed by atoms with van der Waals surface area (Å²) in [6.45, 7) is -1.16. The number of benzene rings is 2. The molecule has 0 atom stereocenters. The van der Waals surface area contributed by atoms with Crippen LogP contribution in [0.5, 0.6) is 0 Å². The molecule has 0 aromatic heterocycles. The van der Waals surface area contributed by atoms with E-state index in [1.807, 2.05) is 0 Å². The van der Waals surface area contributed by atoms with Crippen LogP contribution in [0.1, 0.15) is 20.7 Å². The third-order valence-corrected chi connectivity index (χ3v) is 4.05. The number of carbonyl (C=O) groups is 4. The van der Waals surface area contributed by atoms with E-state index in [1.165, 1.54) is 24.3 Å². The minimum absolute atomic E-state index is 0.161. The number of nitrogens with one attached hydrogen (secondary N) is 2. The van der Waals surface area contributed by atoms with Gasteiger partial charge in [0.15, 0.2) is 0 Å². The van der Waals surface area contributed by atoms with Crippen LogP contribution in [-0.4, -0.2) is 46.5 Å². The number of hydrogen-bond donors (Lipinski definition) is 2. The second-order valence-corrected chi connectivity index (χ2v) is 5.99. The molecule has 0 bridgehead atoms. The van der Waals surface area contributed by atoms with E-state index in [0.29, 0.717) is 10.6 Å². The van der Waals surface area contributed by atoms with E-state index >= 15 is 0 Å².